The molecule has 2 aliphatic rings. The molecule has 2 fully saturated rings. The summed E-state index contributed by atoms with van der Waals surface area (Å²) in [5.41, 5.74) is 1.21. The molecule has 4 heteroatoms. The predicted molar refractivity (Wildman–Crippen MR) is 77.3 cm³/mol. The minimum atomic E-state index is 0.426. The Bertz CT molecular complexity index is 459. The summed E-state index contributed by atoms with van der Waals surface area (Å²) in [7, 11) is 3.33. The van der Waals surface area contributed by atoms with Gasteiger partial charge in [-0.2, -0.15) is 0 Å². The lowest BCUT2D eigenvalue weighted by atomic mass is 10.1. The van der Waals surface area contributed by atoms with Crippen molar-refractivity contribution in [1.29, 1.82) is 0 Å². The summed E-state index contributed by atoms with van der Waals surface area (Å²) in [4.78, 5) is 0. The van der Waals surface area contributed by atoms with E-state index in [-0.39, 0.29) is 0 Å². The van der Waals surface area contributed by atoms with Gasteiger partial charge in [0.25, 0.3) is 0 Å². The van der Waals surface area contributed by atoms with E-state index in [9.17, 15) is 0 Å². The first-order valence-corrected chi connectivity index (χ1v) is 7.37. The largest absolute Gasteiger partial charge is 0.493 e. The molecule has 20 heavy (non-hydrogen) atoms. The minimum Gasteiger partial charge on any atom is -0.493 e. The lowest BCUT2D eigenvalue weighted by Gasteiger charge is -2.20. The summed E-state index contributed by atoms with van der Waals surface area (Å²) in [5, 5.41) is 3.64. The smallest absolute Gasteiger partial charge is 0.161 e. The third-order valence-corrected chi connectivity index (χ3v) is 4.24. The Morgan fingerprint density at radius 3 is 2.65 bits per heavy atom. The number of methoxy groups -OCH3 is 2. The van der Waals surface area contributed by atoms with Gasteiger partial charge in [0.05, 0.1) is 20.3 Å². The van der Waals surface area contributed by atoms with E-state index >= 15 is 0 Å². The zero-order valence-electron chi connectivity index (χ0n) is 12.2. The van der Waals surface area contributed by atoms with Gasteiger partial charge in [-0.25, -0.2) is 0 Å². The number of ether oxygens (including phenoxy) is 3. The highest BCUT2D eigenvalue weighted by atomic mass is 16.5. The number of benzene rings is 1. The number of hydrogen-bond donors (Lipinski definition) is 1. The molecule has 2 unspecified atom stereocenters. The van der Waals surface area contributed by atoms with Crippen LogP contribution >= 0.6 is 0 Å². The van der Waals surface area contributed by atoms with E-state index in [2.05, 4.69) is 11.4 Å². The molecule has 2 atom stereocenters. The first-order chi connectivity index (χ1) is 9.81. The first kappa shape index (κ1) is 13.7. The van der Waals surface area contributed by atoms with Crippen LogP contribution in [0.4, 0.5) is 0 Å². The lowest BCUT2D eigenvalue weighted by molar-refractivity contribution is 0.0809. The normalized spacial score (nSPS) is 25.7. The molecule has 4 nitrogen and oxygen atoms in total. The zero-order chi connectivity index (χ0) is 13.9. The van der Waals surface area contributed by atoms with Crippen LogP contribution in [0.25, 0.3) is 0 Å². The average molecular weight is 277 g/mol. The van der Waals surface area contributed by atoms with Crippen LogP contribution in [0.1, 0.15) is 24.8 Å². The van der Waals surface area contributed by atoms with Crippen LogP contribution in [-0.2, 0) is 11.3 Å². The van der Waals surface area contributed by atoms with Gasteiger partial charge in [-0.1, -0.05) is 6.07 Å². The Morgan fingerprint density at radius 1 is 1.15 bits per heavy atom. The summed E-state index contributed by atoms with van der Waals surface area (Å²) in [6.45, 7) is 1.74. The quantitative estimate of drug-likeness (QED) is 0.866. The maximum Gasteiger partial charge on any atom is 0.161 e. The highest BCUT2D eigenvalue weighted by Gasteiger charge is 2.40. The predicted octanol–water partition coefficient (Wildman–Crippen LogP) is 2.36. The molecule has 3 rings (SSSR count). The van der Waals surface area contributed by atoms with Crippen molar-refractivity contribution < 1.29 is 14.2 Å². The van der Waals surface area contributed by atoms with E-state index in [1.165, 1.54) is 18.4 Å². The van der Waals surface area contributed by atoms with E-state index in [0.29, 0.717) is 12.1 Å². The lowest BCUT2D eigenvalue weighted by Crippen LogP contribution is -2.37. The van der Waals surface area contributed by atoms with Crippen molar-refractivity contribution in [2.75, 3.05) is 20.8 Å². The standard InChI is InChI=1S/C16H23NO3/c1-18-14-6-3-11(9-15(14)19-2)10-17-13-7-8-20-16(13)12-4-5-12/h3,6,9,12-13,16-17H,4-5,7-8,10H2,1-2H3. The summed E-state index contributed by atoms with van der Waals surface area (Å²) >= 11 is 0. The van der Waals surface area contributed by atoms with Crippen LogP contribution in [0.15, 0.2) is 18.2 Å². The van der Waals surface area contributed by atoms with Gasteiger partial charge in [0.15, 0.2) is 11.5 Å². The van der Waals surface area contributed by atoms with E-state index in [1.807, 2.05) is 12.1 Å². The average Bonchev–Trinajstić information content (AvgIpc) is 3.23. The molecular formula is C16H23NO3. The fourth-order valence-corrected chi connectivity index (χ4v) is 2.96. The molecule has 1 aromatic carbocycles. The molecule has 110 valence electrons. The molecular weight excluding hydrogens is 254 g/mol. The Labute approximate surface area is 120 Å². The van der Waals surface area contributed by atoms with E-state index < -0.39 is 0 Å². The SMILES string of the molecule is COc1ccc(CNC2CCOC2C2CC2)cc1OC. The van der Waals surface area contributed by atoms with Gasteiger partial charge in [-0.05, 0) is 42.9 Å². The summed E-state index contributed by atoms with van der Waals surface area (Å²) in [6, 6.07) is 6.57. The van der Waals surface area contributed by atoms with Crippen LogP contribution in [0, 0.1) is 5.92 Å². The van der Waals surface area contributed by atoms with E-state index in [0.717, 1.165) is 37.0 Å². The van der Waals surface area contributed by atoms with Crippen molar-refractivity contribution in [2.24, 2.45) is 5.92 Å². The molecule has 0 aromatic heterocycles. The van der Waals surface area contributed by atoms with Gasteiger partial charge < -0.3 is 19.5 Å². The topological polar surface area (TPSA) is 39.7 Å². The zero-order valence-corrected chi connectivity index (χ0v) is 12.2. The number of rotatable bonds is 6. The Balaban J connectivity index is 1.60. The molecule has 1 saturated carbocycles. The van der Waals surface area contributed by atoms with Gasteiger partial charge >= 0.3 is 0 Å². The second kappa shape index (κ2) is 6.02. The van der Waals surface area contributed by atoms with Crippen molar-refractivity contribution >= 4 is 0 Å². The van der Waals surface area contributed by atoms with E-state index in [1.54, 1.807) is 14.2 Å². The second-order valence-electron chi connectivity index (χ2n) is 5.64. The molecule has 1 aliphatic heterocycles. The highest BCUT2D eigenvalue weighted by Crippen LogP contribution is 2.38. The fourth-order valence-electron chi connectivity index (χ4n) is 2.96. The number of nitrogens with one attached hydrogen (secondary N) is 1. The van der Waals surface area contributed by atoms with Crippen molar-refractivity contribution in [3.8, 4) is 11.5 Å². The summed E-state index contributed by atoms with van der Waals surface area (Å²) in [6.07, 6.45) is 4.21. The third kappa shape index (κ3) is 2.91. The summed E-state index contributed by atoms with van der Waals surface area (Å²) < 4.78 is 16.5. The van der Waals surface area contributed by atoms with Crippen molar-refractivity contribution in [2.45, 2.75) is 38.0 Å². The minimum absolute atomic E-state index is 0.426. The van der Waals surface area contributed by atoms with Crippen LogP contribution in [0.3, 0.4) is 0 Å². The molecule has 0 radical (unpaired) electrons. The molecule has 0 bridgehead atoms. The monoisotopic (exact) mass is 277 g/mol. The molecule has 1 N–H and O–H groups in total. The molecule has 0 amide bonds. The molecule has 1 heterocycles. The maximum absolute atomic E-state index is 5.85. The van der Waals surface area contributed by atoms with Gasteiger partial charge in [-0.3, -0.25) is 0 Å². The van der Waals surface area contributed by atoms with Gasteiger partial charge in [0.2, 0.25) is 0 Å². The van der Waals surface area contributed by atoms with Gasteiger partial charge in [-0.15, -0.1) is 0 Å². The molecule has 1 aliphatic carbocycles. The molecule has 1 aromatic rings. The second-order valence-corrected chi connectivity index (χ2v) is 5.64. The third-order valence-electron chi connectivity index (χ3n) is 4.24. The molecule has 0 spiro atoms. The Morgan fingerprint density at radius 2 is 1.95 bits per heavy atom. The van der Waals surface area contributed by atoms with Crippen LogP contribution in [0.5, 0.6) is 11.5 Å². The van der Waals surface area contributed by atoms with E-state index in [4.69, 9.17) is 14.2 Å². The Kier molecular flexibility index (Phi) is 4.13. The van der Waals surface area contributed by atoms with Crippen molar-refractivity contribution in [1.82, 2.24) is 5.32 Å². The number of hydrogen-bond acceptors (Lipinski definition) is 4. The highest BCUT2D eigenvalue weighted by molar-refractivity contribution is 5.42. The summed E-state index contributed by atoms with van der Waals surface area (Å²) in [5.74, 6) is 2.35. The van der Waals surface area contributed by atoms with Crippen LogP contribution in [0.2, 0.25) is 0 Å². The maximum atomic E-state index is 5.85. The molecule has 1 saturated heterocycles. The fraction of sp³-hybridized carbons (Fsp3) is 0.625. The Hall–Kier alpha value is -1.26. The van der Waals surface area contributed by atoms with Crippen molar-refractivity contribution in [3.05, 3.63) is 23.8 Å². The van der Waals surface area contributed by atoms with Crippen LogP contribution in [-0.4, -0.2) is 33.0 Å². The van der Waals surface area contributed by atoms with Gasteiger partial charge in [0, 0.05) is 19.2 Å². The van der Waals surface area contributed by atoms with Crippen LogP contribution < -0.4 is 14.8 Å². The first-order valence-electron chi connectivity index (χ1n) is 7.37. The van der Waals surface area contributed by atoms with Crippen molar-refractivity contribution in [3.63, 3.8) is 0 Å². The van der Waals surface area contributed by atoms with Gasteiger partial charge in [0.1, 0.15) is 0 Å².